The van der Waals surface area contributed by atoms with Crippen molar-refractivity contribution in [3.63, 3.8) is 0 Å². The molecule has 0 N–H and O–H groups in total. The van der Waals surface area contributed by atoms with Gasteiger partial charge in [-0.2, -0.15) is 0 Å². The molecule has 0 aromatic heterocycles. The molecule has 1 aromatic rings. The van der Waals surface area contributed by atoms with Crippen molar-refractivity contribution in [1.29, 1.82) is 0 Å². The third-order valence-electron chi connectivity index (χ3n) is 3.58. The van der Waals surface area contributed by atoms with Gasteiger partial charge in [-0.15, -0.1) is 0 Å². The molecule has 0 amide bonds. The molecule has 0 fully saturated rings. The van der Waals surface area contributed by atoms with E-state index in [0.717, 1.165) is 5.56 Å². The summed E-state index contributed by atoms with van der Waals surface area (Å²) in [6.07, 6.45) is -1.34. The van der Waals surface area contributed by atoms with Crippen molar-refractivity contribution < 1.29 is 2.74 Å². The molecular formula is C20H34. The van der Waals surface area contributed by atoms with Crippen LogP contribution < -0.4 is 0 Å². The SMILES string of the molecule is [2H]C([2H])(c1cc(C(C)C)c(C(C)C)c(C(C)C)c1)C(C)(C)C. The van der Waals surface area contributed by atoms with Gasteiger partial charge in [-0.25, -0.2) is 0 Å². The van der Waals surface area contributed by atoms with Gasteiger partial charge in [-0.1, -0.05) is 74.4 Å². The zero-order valence-electron chi connectivity index (χ0n) is 16.9. The average molecular weight is 277 g/mol. The lowest BCUT2D eigenvalue weighted by atomic mass is 9.79. The zero-order valence-corrected chi connectivity index (χ0v) is 14.9. The second-order valence-corrected chi connectivity index (χ2v) is 7.91. The Bertz CT molecular complexity index is 488. The molecule has 0 atom stereocenters. The van der Waals surface area contributed by atoms with Gasteiger partial charge in [0.2, 0.25) is 0 Å². The molecule has 0 spiro atoms. The Morgan fingerprint density at radius 2 is 1.25 bits per heavy atom. The van der Waals surface area contributed by atoms with E-state index in [1.165, 1.54) is 16.7 Å². The first kappa shape index (κ1) is 14.2. The highest BCUT2D eigenvalue weighted by Crippen LogP contribution is 2.35. The van der Waals surface area contributed by atoms with Gasteiger partial charge in [0.05, 0.1) is 0 Å². The van der Waals surface area contributed by atoms with Crippen LogP contribution in [0, 0.1) is 5.41 Å². The van der Waals surface area contributed by atoms with Crippen LogP contribution in [0.5, 0.6) is 0 Å². The van der Waals surface area contributed by atoms with Gasteiger partial charge in [-0.3, -0.25) is 0 Å². The average Bonchev–Trinajstić information content (AvgIpc) is 2.35. The molecule has 1 rings (SSSR count). The fraction of sp³-hybridized carbons (Fsp3) is 0.700. The van der Waals surface area contributed by atoms with Gasteiger partial charge < -0.3 is 0 Å². The molecular weight excluding hydrogens is 240 g/mol. The highest BCUT2D eigenvalue weighted by atomic mass is 14.2. The van der Waals surface area contributed by atoms with Crippen LogP contribution in [-0.4, -0.2) is 0 Å². The Labute approximate surface area is 129 Å². The molecule has 0 saturated heterocycles. The smallest absolute Gasteiger partial charge is 0.0321 e. The molecule has 0 aliphatic carbocycles. The Morgan fingerprint density at radius 3 is 1.50 bits per heavy atom. The standard InChI is InChI=1S/C20H34/c1-13(2)17-10-16(12-20(7,8)9)11-18(14(3)4)19(17)15(5)6/h10-11,13-15H,12H2,1-9H3/i12D2. The molecule has 114 valence electrons. The fourth-order valence-electron chi connectivity index (χ4n) is 2.83. The Hall–Kier alpha value is -0.780. The largest absolute Gasteiger partial charge is 0.0599 e. The molecule has 0 aliphatic heterocycles. The topological polar surface area (TPSA) is 0 Å². The second kappa shape index (κ2) is 6.33. The van der Waals surface area contributed by atoms with Crippen LogP contribution in [-0.2, 0) is 6.37 Å². The van der Waals surface area contributed by atoms with Crippen molar-refractivity contribution in [2.24, 2.45) is 5.41 Å². The highest BCUT2D eigenvalue weighted by Gasteiger charge is 2.20. The lowest BCUT2D eigenvalue weighted by molar-refractivity contribution is 0.410. The minimum absolute atomic E-state index is 0.408. The van der Waals surface area contributed by atoms with E-state index in [1.54, 1.807) is 0 Å². The first-order chi connectivity index (χ1) is 9.80. The van der Waals surface area contributed by atoms with E-state index < -0.39 is 11.8 Å². The second-order valence-electron chi connectivity index (χ2n) is 7.91. The van der Waals surface area contributed by atoms with Gasteiger partial charge in [0.25, 0.3) is 0 Å². The van der Waals surface area contributed by atoms with Gasteiger partial charge >= 0.3 is 0 Å². The maximum Gasteiger partial charge on any atom is 0.0321 e. The van der Waals surface area contributed by atoms with Crippen LogP contribution in [0.15, 0.2) is 12.1 Å². The third-order valence-corrected chi connectivity index (χ3v) is 3.58. The molecule has 0 radical (unpaired) electrons. The van der Waals surface area contributed by atoms with Crippen molar-refractivity contribution in [2.45, 2.75) is 86.4 Å². The van der Waals surface area contributed by atoms with Crippen molar-refractivity contribution in [1.82, 2.24) is 0 Å². The summed E-state index contributed by atoms with van der Waals surface area (Å²) in [7, 11) is 0. The number of benzene rings is 1. The Morgan fingerprint density at radius 1 is 0.850 bits per heavy atom. The van der Waals surface area contributed by atoms with E-state index in [9.17, 15) is 0 Å². The summed E-state index contributed by atoms with van der Waals surface area (Å²) in [5, 5.41) is 0. The minimum Gasteiger partial charge on any atom is -0.0599 e. The van der Waals surface area contributed by atoms with E-state index in [4.69, 9.17) is 2.74 Å². The highest BCUT2D eigenvalue weighted by molar-refractivity contribution is 5.44. The zero-order chi connectivity index (χ0) is 17.5. The summed E-state index contributed by atoms with van der Waals surface area (Å²) >= 11 is 0. The van der Waals surface area contributed by atoms with E-state index in [1.807, 2.05) is 20.8 Å². The molecule has 1 aromatic carbocycles. The Balaban J connectivity index is 3.72. The number of rotatable bonds is 4. The Kier molecular flexibility index (Phi) is 4.48. The van der Waals surface area contributed by atoms with Gasteiger partial charge in [0, 0.05) is 2.74 Å². The van der Waals surface area contributed by atoms with Gasteiger partial charge in [-0.05, 0) is 51.8 Å². The minimum atomic E-state index is -1.34. The van der Waals surface area contributed by atoms with Crippen LogP contribution >= 0.6 is 0 Å². The molecule has 0 unspecified atom stereocenters. The van der Waals surface area contributed by atoms with Crippen LogP contribution in [0.2, 0.25) is 0 Å². The van der Waals surface area contributed by atoms with E-state index in [-0.39, 0.29) is 0 Å². The van der Waals surface area contributed by atoms with Crippen LogP contribution in [0.25, 0.3) is 0 Å². The van der Waals surface area contributed by atoms with Crippen molar-refractivity contribution in [3.05, 3.63) is 34.4 Å². The quantitative estimate of drug-likeness (QED) is 0.578. The van der Waals surface area contributed by atoms with E-state index in [2.05, 4.69) is 53.7 Å². The maximum atomic E-state index is 8.64. The molecule has 0 nitrogen and oxygen atoms in total. The van der Waals surface area contributed by atoms with E-state index >= 15 is 0 Å². The summed E-state index contributed by atoms with van der Waals surface area (Å²) in [5.41, 5.74) is 4.44. The molecule has 0 aliphatic rings. The normalized spacial score (nSPS) is 15.0. The lowest BCUT2D eigenvalue weighted by Crippen LogP contribution is -2.12. The van der Waals surface area contributed by atoms with Crippen LogP contribution in [0.1, 0.15) is 105 Å². The predicted molar refractivity (Wildman–Crippen MR) is 91.9 cm³/mol. The first-order valence-electron chi connectivity index (χ1n) is 8.98. The van der Waals surface area contributed by atoms with Crippen molar-refractivity contribution >= 4 is 0 Å². The van der Waals surface area contributed by atoms with Gasteiger partial charge in [0.15, 0.2) is 0 Å². The number of hydrogen-bond donors (Lipinski definition) is 0. The molecule has 0 heterocycles. The number of hydrogen-bond acceptors (Lipinski definition) is 0. The van der Waals surface area contributed by atoms with Crippen LogP contribution in [0.4, 0.5) is 0 Å². The summed E-state index contributed by atoms with van der Waals surface area (Å²) in [5.74, 6) is 1.28. The van der Waals surface area contributed by atoms with Crippen molar-refractivity contribution in [3.8, 4) is 0 Å². The summed E-state index contributed by atoms with van der Waals surface area (Å²) in [6.45, 7) is 19.3. The lowest BCUT2D eigenvalue weighted by Gasteiger charge is -2.26. The maximum absolute atomic E-state index is 8.64. The van der Waals surface area contributed by atoms with Crippen molar-refractivity contribution in [2.75, 3.05) is 0 Å². The molecule has 0 saturated carbocycles. The summed E-state index contributed by atoms with van der Waals surface area (Å²) < 4.78 is 17.3. The monoisotopic (exact) mass is 276 g/mol. The van der Waals surface area contributed by atoms with Gasteiger partial charge in [0.1, 0.15) is 0 Å². The summed E-state index contributed by atoms with van der Waals surface area (Å²) in [6, 6.07) is 4.24. The molecule has 0 heteroatoms. The molecule has 0 bridgehead atoms. The molecule has 20 heavy (non-hydrogen) atoms. The predicted octanol–water partition coefficient (Wildman–Crippen LogP) is 6.65. The summed E-state index contributed by atoms with van der Waals surface area (Å²) in [4.78, 5) is 0. The fourth-order valence-corrected chi connectivity index (χ4v) is 2.83. The van der Waals surface area contributed by atoms with E-state index in [0.29, 0.717) is 17.8 Å². The van der Waals surface area contributed by atoms with Crippen LogP contribution in [0.3, 0.4) is 0 Å². The first-order valence-corrected chi connectivity index (χ1v) is 7.98. The third kappa shape index (κ3) is 4.36.